The van der Waals surface area contributed by atoms with Crippen LogP contribution in [0.1, 0.15) is 4.28 Å². The second-order valence-corrected chi connectivity index (χ2v) is 1.96. The van der Waals surface area contributed by atoms with E-state index >= 15 is 0 Å². The van der Waals surface area contributed by atoms with Crippen LogP contribution in [0.5, 0.6) is 0 Å². The first-order valence-electron chi connectivity index (χ1n) is 2.64. The van der Waals surface area contributed by atoms with Gasteiger partial charge in [-0.2, -0.15) is 0 Å². The predicted octanol–water partition coefficient (Wildman–Crippen LogP) is -9.56. The number of likely N-dealkylation sites (N-methyl/N-ethyl adjacent to an activating group) is 1. The van der Waals surface area contributed by atoms with Gasteiger partial charge in [0.2, 0.25) is 0 Å². The van der Waals surface area contributed by atoms with E-state index in [1.54, 1.807) is 0 Å². The van der Waals surface area contributed by atoms with E-state index in [0.29, 0.717) is 0 Å². The molecule has 0 spiro atoms. The molecule has 0 aliphatic heterocycles. The minimum absolute atomic E-state index is 0. The first kappa shape index (κ1) is 24.2. The quantitative estimate of drug-likeness (QED) is 0.459. The molecule has 0 aromatic carbocycles. The predicted molar refractivity (Wildman–Crippen MR) is 36.1 cm³/mol. The Morgan fingerprint density at radius 2 is 1.31 bits per heavy atom. The molecule has 0 amide bonds. The van der Waals surface area contributed by atoms with E-state index < -0.39 is 11.9 Å². The number of hydrogen-bond acceptors (Lipinski definition) is 3. The summed E-state index contributed by atoms with van der Waals surface area (Å²) in [5, 5.41) is 16.3. The average Bonchev–Trinajstić information content (AvgIpc) is 1.58. The molecule has 0 bridgehead atoms. The maximum Gasteiger partial charge on any atom is 1.00 e. The van der Waals surface area contributed by atoms with Gasteiger partial charge in [-0.15, -0.1) is 0 Å². The van der Waals surface area contributed by atoms with E-state index in [1.165, 1.54) is 11.9 Å². The molecule has 0 radical (unpaired) electrons. The number of nitrogens with zero attached hydrogens (tertiary/aromatic N) is 1. The van der Waals surface area contributed by atoms with Crippen molar-refractivity contribution in [1.82, 2.24) is 4.90 Å². The van der Waals surface area contributed by atoms with Gasteiger partial charge in [-0.25, -0.2) is 0 Å². The Kier molecular flexibility index (Phi) is 25.9. The second kappa shape index (κ2) is 13.9. The van der Waals surface area contributed by atoms with E-state index in [0.717, 1.165) is 0 Å². The normalized spacial score (nSPS) is 7.54. The van der Waals surface area contributed by atoms with Crippen molar-refractivity contribution >= 4 is 11.9 Å². The van der Waals surface area contributed by atoms with Gasteiger partial charge in [0.25, 0.3) is 0 Å². The standard InChI is InChI=1S/C5H9NO4.3Na.3H/c1-6(2-4(7)8)3-5(9)10;;;;;;/h2-3H2,1H3,(H,7,8)(H,9,10);;;;;;/q;3*+1;3*-1. The van der Waals surface area contributed by atoms with Gasteiger partial charge in [0.1, 0.15) is 0 Å². The molecule has 0 aliphatic carbocycles. The Morgan fingerprint density at radius 3 is 1.46 bits per heavy atom. The largest absolute Gasteiger partial charge is 1.00 e. The van der Waals surface area contributed by atoms with Crippen LogP contribution >= 0.6 is 0 Å². The third-order valence-corrected chi connectivity index (χ3v) is 0.810. The van der Waals surface area contributed by atoms with E-state index in [-0.39, 0.29) is 106 Å². The molecule has 0 unspecified atom stereocenters. The zero-order valence-corrected chi connectivity index (χ0v) is 14.6. The van der Waals surface area contributed by atoms with Gasteiger partial charge in [-0.05, 0) is 7.05 Å². The number of carbonyl (C=O) groups is 2. The molecule has 2 N–H and O–H groups in total. The van der Waals surface area contributed by atoms with Gasteiger partial charge >= 0.3 is 101 Å². The minimum atomic E-state index is -1.02. The van der Waals surface area contributed by atoms with Gasteiger partial charge in [-0.1, -0.05) is 0 Å². The molecule has 8 heteroatoms. The van der Waals surface area contributed by atoms with Crippen molar-refractivity contribution in [3.8, 4) is 0 Å². The first-order chi connectivity index (χ1) is 4.52. The van der Waals surface area contributed by atoms with E-state index in [1.807, 2.05) is 0 Å². The van der Waals surface area contributed by atoms with Crippen molar-refractivity contribution in [2.75, 3.05) is 20.1 Å². The van der Waals surface area contributed by atoms with E-state index in [4.69, 9.17) is 10.2 Å². The van der Waals surface area contributed by atoms with Crippen molar-refractivity contribution in [3.05, 3.63) is 0 Å². The maximum atomic E-state index is 9.96. The van der Waals surface area contributed by atoms with Crippen LogP contribution in [0.2, 0.25) is 0 Å². The topological polar surface area (TPSA) is 77.8 Å². The summed E-state index contributed by atoms with van der Waals surface area (Å²) >= 11 is 0. The third-order valence-electron chi connectivity index (χ3n) is 0.810. The number of aliphatic carboxylic acids is 2. The summed E-state index contributed by atoms with van der Waals surface area (Å²) in [4.78, 5) is 21.1. The van der Waals surface area contributed by atoms with Gasteiger partial charge in [0.05, 0.1) is 13.1 Å². The Morgan fingerprint density at radius 1 is 1.08 bits per heavy atom. The van der Waals surface area contributed by atoms with Crippen molar-refractivity contribution in [2.45, 2.75) is 0 Å². The monoisotopic (exact) mass is 219 g/mol. The summed E-state index contributed by atoms with van der Waals surface area (Å²) < 4.78 is 0. The van der Waals surface area contributed by atoms with Gasteiger partial charge < -0.3 is 14.5 Å². The maximum absolute atomic E-state index is 9.96. The van der Waals surface area contributed by atoms with Crippen molar-refractivity contribution in [2.24, 2.45) is 0 Å². The zero-order chi connectivity index (χ0) is 8.15. The summed E-state index contributed by atoms with van der Waals surface area (Å²) in [5.74, 6) is -2.05. The molecule has 0 aromatic heterocycles. The first-order valence-corrected chi connectivity index (χ1v) is 2.64. The van der Waals surface area contributed by atoms with Gasteiger partial charge in [-0.3, -0.25) is 14.5 Å². The Labute approximate surface area is 148 Å². The molecular weight excluding hydrogens is 207 g/mol. The third kappa shape index (κ3) is 20.1. The van der Waals surface area contributed by atoms with Crippen molar-refractivity contribution in [1.29, 1.82) is 0 Å². The number of rotatable bonds is 4. The number of hydrogen-bond donors (Lipinski definition) is 2. The van der Waals surface area contributed by atoms with Gasteiger partial charge in [0.15, 0.2) is 0 Å². The second-order valence-electron chi connectivity index (χ2n) is 1.96. The van der Waals surface area contributed by atoms with Crippen LogP contribution in [0.15, 0.2) is 0 Å². The summed E-state index contributed by atoms with van der Waals surface area (Å²) in [6, 6.07) is 0. The fraction of sp³-hybridized carbons (Fsp3) is 0.600. The van der Waals surface area contributed by atoms with Crippen molar-refractivity contribution < 1.29 is 113 Å². The van der Waals surface area contributed by atoms with Crippen LogP contribution in [0.25, 0.3) is 0 Å². The van der Waals surface area contributed by atoms with Crippen LogP contribution in [0.4, 0.5) is 0 Å². The zero-order valence-electron chi connectivity index (χ0n) is 11.6. The van der Waals surface area contributed by atoms with E-state index in [9.17, 15) is 9.59 Å². The molecule has 0 saturated heterocycles. The van der Waals surface area contributed by atoms with Crippen LogP contribution in [-0.4, -0.2) is 47.2 Å². The van der Waals surface area contributed by atoms with E-state index in [2.05, 4.69) is 0 Å². The van der Waals surface area contributed by atoms with Gasteiger partial charge in [0, 0.05) is 0 Å². The molecule has 0 rings (SSSR count). The summed E-state index contributed by atoms with van der Waals surface area (Å²) in [5.41, 5.74) is 0. The molecule has 64 valence electrons. The molecule has 0 aromatic rings. The fourth-order valence-electron chi connectivity index (χ4n) is 0.518. The molecular formula is C5H12NNa3O4. The molecule has 0 fully saturated rings. The Bertz CT molecular complexity index is 150. The summed E-state index contributed by atoms with van der Waals surface area (Å²) in [7, 11) is 1.43. The Balaban J connectivity index is -0.0000000270. The van der Waals surface area contributed by atoms with Crippen LogP contribution in [0, 0.1) is 0 Å². The number of carboxylic acid groups (broad SMARTS) is 2. The fourth-order valence-corrected chi connectivity index (χ4v) is 0.518. The average molecular weight is 219 g/mol. The molecule has 5 nitrogen and oxygen atoms in total. The minimum Gasteiger partial charge on any atom is -1.00 e. The van der Waals surface area contributed by atoms with Crippen molar-refractivity contribution in [3.63, 3.8) is 0 Å². The number of carboxylic acids is 2. The molecule has 13 heavy (non-hydrogen) atoms. The smallest absolute Gasteiger partial charge is 1.00 e. The molecule has 0 atom stereocenters. The SMILES string of the molecule is CN(CC(=O)O)CC(=O)O.[H-].[H-].[H-].[Na+].[Na+].[Na+]. The Hall–Kier alpha value is 1.90. The molecule has 0 saturated carbocycles. The van der Waals surface area contributed by atoms with Crippen LogP contribution in [-0.2, 0) is 9.59 Å². The molecule has 0 aliphatic rings. The summed E-state index contributed by atoms with van der Waals surface area (Å²) in [6.45, 7) is -0.488. The van der Waals surface area contributed by atoms with Crippen LogP contribution in [0.3, 0.4) is 0 Å². The summed E-state index contributed by atoms with van der Waals surface area (Å²) in [6.07, 6.45) is 0. The van der Waals surface area contributed by atoms with Crippen LogP contribution < -0.4 is 88.7 Å². The molecule has 0 heterocycles.